The largest absolute Gasteiger partial charge is 0.383 e. The van der Waals surface area contributed by atoms with Gasteiger partial charge >= 0.3 is 0 Å². The van der Waals surface area contributed by atoms with Gasteiger partial charge in [-0.2, -0.15) is 5.10 Å². The molecular formula is C19H29N7O2. The highest BCUT2D eigenvalue weighted by Crippen LogP contribution is 2.19. The Morgan fingerprint density at radius 1 is 1.36 bits per heavy atom. The molecule has 1 unspecified atom stereocenters. The molecule has 0 aromatic carbocycles. The summed E-state index contributed by atoms with van der Waals surface area (Å²) < 4.78 is 1.64. The number of aromatic nitrogens is 3. The van der Waals surface area contributed by atoms with Gasteiger partial charge in [0, 0.05) is 44.0 Å². The summed E-state index contributed by atoms with van der Waals surface area (Å²) in [6.45, 7) is 6.75. The third-order valence-corrected chi connectivity index (χ3v) is 4.02. The van der Waals surface area contributed by atoms with E-state index in [2.05, 4.69) is 31.0 Å². The van der Waals surface area contributed by atoms with Crippen molar-refractivity contribution in [2.45, 2.75) is 32.8 Å². The second kappa shape index (κ2) is 9.84. The van der Waals surface area contributed by atoms with Gasteiger partial charge in [0.15, 0.2) is 5.96 Å². The zero-order chi connectivity index (χ0) is 20.6. The molecule has 9 nitrogen and oxygen atoms in total. The van der Waals surface area contributed by atoms with Crippen molar-refractivity contribution in [2.75, 3.05) is 25.0 Å². The molecule has 2 aromatic heterocycles. The summed E-state index contributed by atoms with van der Waals surface area (Å²) in [5.74, 6) is 0.940. The molecule has 1 atom stereocenters. The Morgan fingerprint density at radius 3 is 2.79 bits per heavy atom. The number of aliphatic imine (C=N–C) groups is 1. The highest BCUT2D eigenvalue weighted by molar-refractivity contribution is 5.90. The number of guanidine groups is 1. The van der Waals surface area contributed by atoms with E-state index in [0.717, 1.165) is 5.69 Å². The lowest BCUT2D eigenvalue weighted by molar-refractivity contribution is -0.116. The molecule has 2 aromatic rings. The van der Waals surface area contributed by atoms with E-state index in [9.17, 15) is 9.90 Å². The fourth-order valence-corrected chi connectivity index (χ4v) is 2.48. The Morgan fingerprint density at radius 2 is 2.14 bits per heavy atom. The van der Waals surface area contributed by atoms with Crippen molar-refractivity contribution in [2.24, 2.45) is 12.0 Å². The number of carbonyl (C=O) groups excluding carboxylic acids is 1. The van der Waals surface area contributed by atoms with E-state index in [0.29, 0.717) is 30.4 Å². The number of nitrogens with zero attached hydrogens (tertiary/aromatic N) is 4. The Labute approximate surface area is 165 Å². The molecule has 0 saturated heterocycles. The molecular weight excluding hydrogens is 358 g/mol. The number of aryl methyl sites for hydroxylation is 2. The van der Waals surface area contributed by atoms with Crippen molar-refractivity contribution in [3.8, 4) is 0 Å². The quantitative estimate of drug-likeness (QED) is 0.395. The molecule has 28 heavy (non-hydrogen) atoms. The molecule has 0 aliphatic carbocycles. The molecule has 2 heterocycles. The van der Waals surface area contributed by atoms with Crippen LogP contribution in [0.5, 0.6) is 0 Å². The summed E-state index contributed by atoms with van der Waals surface area (Å²) in [6, 6.07) is 5.47. The predicted octanol–water partition coefficient (Wildman–Crippen LogP) is 0.915. The summed E-state index contributed by atoms with van der Waals surface area (Å²) in [5, 5.41) is 23.7. The normalized spacial score (nSPS) is 13.7. The maximum Gasteiger partial charge on any atom is 0.227 e. The highest BCUT2D eigenvalue weighted by atomic mass is 16.3. The number of hydrogen-bond donors (Lipinski definition) is 4. The minimum atomic E-state index is -1.13. The van der Waals surface area contributed by atoms with E-state index in [1.54, 1.807) is 37.1 Å². The van der Waals surface area contributed by atoms with Crippen molar-refractivity contribution in [1.82, 2.24) is 25.4 Å². The Bertz CT molecular complexity index is 814. The third kappa shape index (κ3) is 6.66. The van der Waals surface area contributed by atoms with Crippen molar-refractivity contribution in [3.05, 3.63) is 41.9 Å². The first kappa shape index (κ1) is 21.4. The van der Waals surface area contributed by atoms with Crippen molar-refractivity contribution in [1.29, 1.82) is 0 Å². The number of amides is 1. The van der Waals surface area contributed by atoms with E-state index in [1.807, 2.05) is 26.0 Å². The molecule has 152 valence electrons. The van der Waals surface area contributed by atoms with Gasteiger partial charge in [0.25, 0.3) is 0 Å². The van der Waals surface area contributed by atoms with Crippen LogP contribution in [0.2, 0.25) is 0 Å². The van der Waals surface area contributed by atoms with E-state index in [-0.39, 0.29) is 18.9 Å². The zero-order valence-corrected chi connectivity index (χ0v) is 16.9. The molecule has 9 heteroatoms. The second-order valence-electron chi connectivity index (χ2n) is 6.76. The first-order valence-electron chi connectivity index (χ1n) is 9.27. The molecule has 2 rings (SSSR count). The van der Waals surface area contributed by atoms with Gasteiger partial charge in [-0.25, -0.2) is 9.98 Å². The molecule has 0 fully saturated rings. The maximum absolute atomic E-state index is 12.1. The maximum atomic E-state index is 12.1. The van der Waals surface area contributed by atoms with Gasteiger partial charge in [-0.1, -0.05) is 6.07 Å². The molecule has 0 bridgehead atoms. The fourth-order valence-electron chi connectivity index (χ4n) is 2.48. The third-order valence-electron chi connectivity index (χ3n) is 4.02. The van der Waals surface area contributed by atoms with Gasteiger partial charge in [0.05, 0.1) is 12.7 Å². The molecule has 0 aliphatic heterocycles. The van der Waals surface area contributed by atoms with Crippen LogP contribution in [0.15, 0.2) is 35.6 Å². The Kier molecular flexibility index (Phi) is 7.51. The van der Waals surface area contributed by atoms with Gasteiger partial charge in [-0.3, -0.25) is 9.48 Å². The van der Waals surface area contributed by atoms with Crippen LogP contribution in [0.4, 0.5) is 5.82 Å². The summed E-state index contributed by atoms with van der Waals surface area (Å²) in [7, 11) is 1.80. The number of nitrogens with one attached hydrogen (secondary N) is 3. The van der Waals surface area contributed by atoms with Gasteiger partial charge < -0.3 is 21.1 Å². The molecule has 4 N–H and O–H groups in total. The first-order valence-corrected chi connectivity index (χ1v) is 9.27. The van der Waals surface area contributed by atoms with Crippen LogP contribution in [0.1, 0.15) is 31.5 Å². The van der Waals surface area contributed by atoms with Crippen LogP contribution in [0.25, 0.3) is 0 Å². The number of pyridine rings is 1. The molecule has 0 saturated carbocycles. The topological polar surface area (TPSA) is 116 Å². The van der Waals surface area contributed by atoms with Crippen molar-refractivity contribution < 1.29 is 9.90 Å². The van der Waals surface area contributed by atoms with E-state index >= 15 is 0 Å². The summed E-state index contributed by atoms with van der Waals surface area (Å²) >= 11 is 0. The number of hydrogen-bond acceptors (Lipinski definition) is 5. The molecule has 1 amide bonds. The fraction of sp³-hybridized carbons (Fsp3) is 0.474. The molecule has 0 radical (unpaired) electrons. The number of aliphatic hydroxyl groups is 1. The number of carbonyl (C=O) groups is 1. The van der Waals surface area contributed by atoms with E-state index in [1.165, 1.54) is 0 Å². The lowest BCUT2D eigenvalue weighted by Crippen LogP contribution is -2.40. The van der Waals surface area contributed by atoms with E-state index < -0.39 is 5.60 Å². The van der Waals surface area contributed by atoms with Gasteiger partial charge in [0.1, 0.15) is 11.4 Å². The minimum Gasteiger partial charge on any atom is -0.383 e. The summed E-state index contributed by atoms with van der Waals surface area (Å²) in [4.78, 5) is 20.7. The monoisotopic (exact) mass is 387 g/mol. The first-order chi connectivity index (χ1) is 13.3. The lowest BCUT2D eigenvalue weighted by Gasteiger charge is -2.20. The number of rotatable bonds is 8. The summed E-state index contributed by atoms with van der Waals surface area (Å²) in [6.07, 6.45) is 3.65. The average molecular weight is 387 g/mol. The van der Waals surface area contributed by atoms with Gasteiger partial charge in [-0.15, -0.1) is 0 Å². The van der Waals surface area contributed by atoms with Crippen LogP contribution in [0, 0.1) is 6.92 Å². The highest BCUT2D eigenvalue weighted by Gasteiger charge is 2.24. The summed E-state index contributed by atoms with van der Waals surface area (Å²) in [5.41, 5.74) is 0.406. The minimum absolute atomic E-state index is 0.135. The SMILES string of the molecule is CCNC(=NCC(C)(O)c1cnn(C)c1)NCCC(=O)Nc1cccc(C)n1. The van der Waals surface area contributed by atoms with Crippen LogP contribution in [-0.4, -0.2) is 51.4 Å². The lowest BCUT2D eigenvalue weighted by atomic mass is 10.0. The Balaban J connectivity index is 1.86. The van der Waals surface area contributed by atoms with Crippen LogP contribution < -0.4 is 16.0 Å². The average Bonchev–Trinajstić information content (AvgIpc) is 3.07. The standard InChI is InChI=1S/C19H29N7O2/c1-5-20-18(22-13-19(3,28)15-11-23-26(4)12-15)21-10-9-17(27)25-16-8-6-7-14(2)24-16/h6-8,11-12,28H,5,9-10,13H2,1-4H3,(H2,20,21,22)(H,24,25,27). The van der Waals surface area contributed by atoms with Crippen LogP contribution in [0.3, 0.4) is 0 Å². The number of anilines is 1. The van der Waals surface area contributed by atoms with Crippen molar-refractivity contribution >= 4 is 17.7 Å². The Hall–Kier alpha value is -2.94. The van der Waals surface area contributed by atoms with Crippen LogP contribution >= 0.6 is 0 Å². The van der Waals surface area contributed by atoms with E-state index in [4.69, 9.17) is 0 Å². The van der Waals surface area contributed by atoms with Gasteiger partial charge in [0.2, 0.25) is 5.91 Å². The van der Waals surface area contributed by atoms with Crippen molar-refractivity contribution in [3.63, 3.8) is 0 Å². The smallest absolute Gasteiger partial charge is 0.227 e. The second-order valence-corrected chi connectivity index (χ2v) is 6.76. The zero-order valence-electron chi connectivity index (χ0n) is 16.9. The predicted molar refractivity (Wildman–Crippen MR) is 109 cm³/mol. The molecule has 0 aliphatic rings. The van der Waals surface area contributed by atoms with Gasteiger partial charge in [-0.05, 0) is 32.9 Å². The van der Waals surface area contributed by atoms with Crippen LogP contribution in [-0.2, 0) is 17.4 Å². The molecule has 0 spiro atoms.